The molecular formula is C14H14FN3O4. The molecule has 22 heavy (non-hydrogen) atoms. The second kappa shape index (κ2) is 5.28. The van der Waals surface area contributed by atoms with E-state index in [-0.39, 0.29) is 25.4 Å². The first-order valence-corrected chi connectivity index (χ1v) is 6.78. The van der Waals surface area contributed by atoms with E-state index in [0.717, 1.165) is 0 Å². The molecule has 2 heterocycles. The van der Waals surface area contributed by atoms with Gasteiger partial charge in [-0.2, -0.15) is 0 Å². The summed E-state index contributed by atoms with van der Waals surface area (Å²) in [6.07, 6.45) is -1.48. The number of carbonyl (C=O) groups excluding carboxylic acids is 3. The number of fused-ring (bicyclic) bond motifs is 1. The van der Waals surface area contributed by atoms with Crippen molar-refractivity contribution in [2.75, 3.05) is 29.6 Å². The highest BCUT2D eigenvalue weighted by Crippen LogP contribution is 2.33. The van der Waals surface area contributed by atoms with Crippen molar-refractivity contribution < 1.29 is 23.5 Å². The number of amides is 3. The predicted molar refractivity (Wildman–Crippen MR) is 75.3 cm³/mol. The summed E-state index contributed by atoms with van der Waals surface area (Å²) in [5.74, 6) is -0.884. The summed E-state index contributed by atoms with van der Waals surface area (Å²) in [5, 5.41) is 0. The summed E-state index contributed by atoms with van der Waals surface area (Å²) in [6.45, 7) is -0.568. The van der Waals surface area contributed by atoms with Gasteiger partial charge in [0.2, 0.25) is 5.91 Å². The monoisotopic (exact) mass is 307 g/mol. The molecule has 116 valence electrons. The summed E-state index contributed by atoms with van der Waals surface area (Å²) >= 11 is 0. The standard InChI is InChI=1S/C14H14FN3O4/c15-3-4-17-10-2-1-9(5-8(10)6-12(17)19)18-7-11(13(16)20)22-14(18)21/h1-2,5,11H,3-4,6-7H2,(H2,16,20)/t11-/m1/s1. The lowest BCUT2D eigenvalue weighted by atomic mass is 10.1. The number of hydrogen-bond donors (Lipinski definition) is 1. The highest BCUT2D eigenvalue weighted by molar-refractivity contribution is 6.02. The Bertz CT molecular complexity index is 663. The average Bonchev–Trinajstić information content (AvgIpc) is 3.00. The van der Waals surface area contributed by atoms with Crippen LogP contribution in [-0.4, -0.2) is 43.8 Å². The Morgan fingerprint density at radius 2 is 2.18 bits per heavy atom. The van der Waals surface area contributed by atoms with Crippen LogP contribution in [0, 0.1) is 0 Å². The first-order chi connectivity index (χ1) is 10.5. The molecule has 0 saturated carbocycles. The Kier molecular flexibility index (Phi) is 3.44. The van der Waals surface area contributed by atoms with Crippen LogP contribution in [0.2, 0.25) is 0 Å². The van der Waals surface area contributed by atoms with Gasteiger partial charge in [-0.25, -0.2) is 9.18 Å². The minimum absolute atomic E-state index is 0.0146. The van der Waals surface area contributed by atoms with Crippen molar-refractivity contribution >= 4 is 29.3 Å². The third-order valence-corrected chi connectivity index (χ3v) is 3.75. The topological polar surface area (TPSA) is 92.9 Å². The summed E-state index contributed by atoms with van der Waals surface area (Å²) in [4.78, 5) is 37.4. The highest BCUT2D eigenvalue weighted by atomic mass is 19.1. The minimum Gasteiger partial charge on any atom is -0.434 e. The Morgan fingerprint density at radius 1 is 1.41 bits per heavy atom. The molecular weight excluding hydrogens is 293 g/mol. The van der Waals surface area contributed by atoms with Crippen molar-refractivity contribution in [2.45, 2.75) is 12.5 Å². The number of cyclic esters (lactones) is 1. The second-order valence-corrected chi connectivity index (χ2v) is 5.11. The number of anilines is 2. The van der Waals surface area contributed by atoms with E-state index in [2.05, 4.69) is 0 Å². The normalized spacial score (nSPS) is 20.3. The molecule has 8 heteroatoms. The van der Waals surface area contributed by atoms with E-state index in [0.29, 0.717) is 16.9 Å². The lowest BCUT2D eigenvalue weighted by molar-refractivity contribution is -0.124. The van der Waals surface area contributed by atoms with Crippen molar-refractivity contribution in [1.82, 2.24) is 0 Å². The smallest absolute Gasteiger partial charge is 0.415 e. The first-order valence-electron chi connectivity index (χ1n) is 6.78. The number of nitrogens with two attached hydrogens (primary N) is 1. The zero-order valence-electron chi connectivity index (χ0n) is 11.6. The summed E-state index contributed by atoms with van der Waals surface area (Å²) < 4.78 is 17.4. The third-order valence-electron chi connectivity index (χ3n) is 3.75. The van der Waals surface area contributed by atoms with Gasteiger partial charge in [0, 0.05) is 11.4 Å². The third kappa shape index (κ3) is 2.26. The number of hydrogen-bond acceptors (Lipinski definition) is 4. The molecule has 3 amide bonds. The van der Waals surface area contributed by atoms with Gasteiger partial charge in [-0.05, 0) is 23.8 Å². The van der Waals surface area contributed by atoms with E-state index in [4.69, 9.17) is 10.5 Å². The van der Waals surface area contributed by atoms with Crippen LogP contribution in [0.3, 0.4) is 0 Å². The Balaban J connectivity index is 1.87. The molecule has 2 aliphatic heterocycles. The number of benzene rings is 1. The average molecular weight is 307 g/mol. The van der Waals surface area contributed by atoms with E-state index in [1.165, 1.54) is 9.80 Å². The van der Waals surface area contributed by atoms with Crippen molar-refractivity contribution in [1.29, 1.82) is 0 Å². The second-order valence-electron chi connectivity index (χ2n) is 5.11. The van der Waals surface area contributed by atoms with E-state index >= 15 is 0 Å². The fraction of sp³-hybridized carbons (Fsp3) is 0.357. The van der Waals surface area contributed by atoms with E-state index in [1.807, 2.05) is 0 Å². The molecule has 0 bridgehead atoms. The molecule has 3 rings (SSSR count). The van der Waals surface area contributed by atoms with Crippen LogP contribution < -0.4 is 15.5 Å². The summed E-state index contributed by atoms with van der Waals surface area (Å²) in [6, 6.07) is 4.97. The van der Waals surface area contributed by atoms with Gasteiger partial charge in [-0.1, -0.05) is 0 Å². The van der Waals surface area contributed by atoms with Crippen LogP contribution >= 0.6 is 0 Å². The summed E-state index contributed by atoms with van der Waals surface area (Å²) in [5.41, 5.74) is 7.00. The number of nitrogens with zero attached hydrogens (tertiary/aromatic N) is 2. The van der Waals surface area contributed by atoms with E-state index in [9.17, 15) is 18.8 Å². The molecule has 0 radical (unpaired) electrons. The van der Waals surface area contributed by atoms with Gasteiger partial charge in [0.25, 0.3) is 5.91 Å². The number of halogens is 1. The SMILES string of the molecule is NC(=O)[C@H]1CN(c2ccc3c(c2)CC(=O)N3CCF)C(=O)O1. The summed E-state index contributed by atoms with van der Waals surface area (Å²) in [7, 11) is 0. The Labute approximate surface area is 125 Å². The molecule has 1 aromatic carbocycles. The molecule has 0 unspecified atom stereocenters. The quantitative estimate of drug-likeness (QED) is 0.869. The van der Waals surface area contributed by atoms with Gasteiger partial charge in [0.1, 0.15) is 6.67 Å². The number of carbonyl (C=O) groups is 3. The maximum Gasteiger partial charge on any atom is 0.415 e. The van der Waals surface area contributed by atoms with Crippen LogP contribution in [-0.2, 0) is 20.7 Å². The van der Waals surface area contributed by atoms with E-state index < -0.39 is 24.8 Å². The molecule has 2 aliphatic rings. The van der Waals surface area contributed by atoms with Crippen LogP contribution in [0.1, 0.15) is 5.56 Å². The van der Waals surface area contributed by atoms with Gasteiger partial charge in [-0.15, -0.1) is 0 Å². The van der Waals surface area contributed by atoms with Crippen molar-refractivity contribution in [3.8, 4) is 0 Å². The van der Waals surface area contributed by atoms with Gasteiger partial charge >= 0.3 is 6.09 Å². The number of ether oxygens (including phenoxy) is 1. The first kappa shape index (κ1) is 14.3. The largest absolute Gasteiger partial charge is 0.434 e. The molecule has 0 aromatic heterocycles. The maximum atomic E-state index is 12.5. The van der Waals surface area contributed by atoms with Crippen molar-refractivity contribution in [3.63, 3.8) is 0 Å². The highest BCUT2D eigenvalue weighted by Gasteiger charge is 2.36. The lowest BCUT2D eigenvalue weighted by Crippen LogP contribution is -2.32. The molecule has 1 atom stereocenters. The minimum atomic E-state index is -0.981. The predicted octanol–water partition coefficient (Wildman–Crippen LogP) is 0.356. The molecule has 0 spiro atoms. The van der Waals surface area contributed by atoms with E-state index in [1.54, 1.807) is 18.2 Å². The zero-order chi connectivity index (χ0) is 15.9. The van der Waals surface area contributed by atoms with Crippen molar-refractivity contribution in [3.05, 3.63) is 23.8 Å². The molecule has 2 N–H and O–H groups in total. The van der Waals surface area contributed by atoms with Crippen LogP contribution in [0.5, 0.6) is 0 Å². The Morgan fingerprint density at radius 3 is 2.82 bits per heavy atom. The fourth-order valence-electron chi connectivity index (χ4n) is 2.69. The van der Waals surface area contributed by atoms with Gasteiger partial charge in [0.05, 0.1) is 19.5 Å². The lowest BCUT2D eigenvalue weighted by Gasteiger charge is -2.17. The molecule has 0 aliphatic carbocycles. The molecule has 1 saturated heterocycles. The van der Waals surface area contributed by atoms with Crippen LogP contribution in [0.15, 0.2) is 18.2 Å². The number of primary amides is 1. The van der Waals surface area contributed by atoms with Gasteiger partial charge < -0.3 is 15.4 Å². The van der Waals surface area contributed by atoms with Gasteiger partial charge in [0.15, 0.2) is 6.10 Å². The molecule has 1 fully saturated rings. The number of rotatable bonds is 4. The van der Waals surface area contributed by atoms with Gasteiger partial charge in [-0.3, -0.25) is 14.5 Å². The van der Waals surface area contributed by atoms with Crippen LogP contribution in [0.4, 0.5) is 20.6 Å². The van der Waals surface area contributed by atoms with Crippen LogP contribution in [0.25, 0.3) is 0 Å². The Hall–Kier alpha value is -2.64. The zero-order valence-corrected chi connectivity index (χ0v) is 11.6. The maximum absolute atomic E-state index is 12.5. The molecule has 1 aromatic rings. The molecule has 7 nitrogen and oxygen atoms in total. The fourth-order valence-corrected chi connectivity index (χ4v) is 2.69. The van der Waals surface area contributed by atoms with Crippen molar-refractivity contribution in [2.24, 2.45) is 5.73 Å². The number of alkyl halides is 1.